The summed E-state index contributed by atoms with van der Waals surface area (Å²) in [5.74, 6) is 0.641. The van der Waals surface area contributed by atoms with Crippen LogP contribution in [0.2, 0.25) is 10.0 Å². The van der Waals surface area contributed by atoms with Crippen molar-refractivity contribution in [1.29, 1.82) is 0 Å². The molecule has 186 valence electrons. The largest absolute Gasteiger partial charge is 0.493 e. The molecule has 0 bridgehead atoms. The number of hydrogen-bond acceptors (Lipinski definition) is 5. The van der Waals surface area contributed by atoms with Gasteiger partial charge >= 0.3 is 0 Å². The monoisotopic (exact) mass is 549 g/mol. The Morgan fingerprint density at radius 2 is 1.70 bits per heavy atom. The van der Waals surface area contributed by atoms with Gasteiger partial charge in [0.05, 0.1) is 28.6 Å². The molecule has 1 aliphatic rings. The average molecular weight is 550 g/mol. The molecule has 0 radical (unpaired) electrons. The maximum atomic E-state index is 13.2. The van der Waals surface area contributed by atoms with Crippen LogP contribution in [0, 0.1) is 0 Å². The number of fused-ring (bicyclic) bond motifs is 1. The first-order valence-electron chi connectivity index (χ1n) is 11.4. The van der Waals surface area contributed by atoms with Crippen molar-refractivity contribution in [2.75, 3.05) is 7.11 Å². The molecule has 4 aromatic rings. The van der Waals surface area contributed by atoms with Gasteiger partial charge in [-0.15, -0.1) is 0 Å². The van der Waals surface area contributed by atoms with Gasteiger partial charge in [0.25, 0.3) is 11.1 Å². The van der Waals surface area contributed by atoms with E-state index < -0.39 is 0 Å². The molecule has 5 rings (SSSR count). The number of carbonyl (C=O) groups is 2. The molecule has 0 atom stereocenters. The van der Waals surface area contributed by atoms with Crippen LogP contribution in [0.15, 0.2) is 83.8 Å². The van der Waals surface area contributed by atoms with E-state index in [2.05, 4.69) is 18.2 Å². The van der Waals surface area contributed by atoms with Gasteiger partial charge in [0.15, 0.2) is 11.5 Å². The van der Waals surface area contributed by atoms with Crippen LogP contribution in [0.1, 0.15) is 16.7 Å². The molecule has 37 heavy (non-hydrogen) atoms. The standard InChI is InChI=1S/C29H21Cl2NO4S/c1-35-25-11-5-8-20(27(25)36-17-21-9-4-7-19-6-2-3-10-22(19)21)15-26-28(33)32(29(34)37-26)16-18-12-13-23(30)24(31)14-18/h2-15H,16-17H2,1H3/b26-15-. The molecule has 0 N–H and O–H groups in total. The molecule has 5 nitrogen and oxygen atoms in total. The van der Waals surface area contributed by atoms with E-state index >= 15 is 0 Å². The Labute approximate surface area is 228 Å². The van der Waals surface area contributed by atoms with Gasteiger partial charge in [-0.3, -0.25) is 14.5 Å². The number of benzene rings is 4. The second-order valence-electron chi connectivity index (χ2n) is 8.32. The fraction of sp³-hybridized carbons (Fsp3) is 0.103. The van der Waals surface area contributed by atoms with Crippen molar-refractivity contribution >= 4 is 63.0 Å². The molecule has 0 unspecified atom stereocenters. The number of halogens is 2. The van der Waals surface area contributed by atoms with Crippen molar-refractivity contribution in [3.63, 3.8) is 0 Å². The molecule has 2 amide bonds. The van der Waals surface area contributed by atoms with Crippen molar-refractivity contribution in [2.24, 2.45) is 0 Å². The Kier molecular flexibility index (Phi) is 7.42. The van der Waals surface area contributed by atoms with Crippen LogP contribution in [0.5, 0.6) is 11.5 Å². The van der Waals surface area contributed by atoms with Gasteiger partial charge in [0, 0.05) is 5.56 Å². The lowest BCUT2D eigenvalue weighted by Gasteiger charge is -2.15. The molecule has 0 aromatic heterocycles. The van der Waals surface area contributed by atoms with Gasteiger partial charge in [0.1, 0.15) is 6.61 Å². The lowest BCUT2D eigenvalue weighted by atomic mass is 10.1. The fourth-order valence-corrected chi connectivity index (χ4v) is 5.28. The van der Waals surface area contributed by atoms with Gasteiger partial charge in [-0.25, -0.2) is 0 Å². The summed E-state index contributed by atoms with van der Waals surface area (Å²) in [6.07, 6.45) is 1.67. The molecular weight excluding hydrogens is 529 g/mol. The fourth-order valence-electron chi connectivity index (χ4n) is 4.13. The Morgan fingerprint density at radius 1 is 0.919 bits per heavy atom. The lowest BCUT2D eigenvalue weighted by molar-refractivity contribution is -0.123. The van der Waals surface area contributed by atoms with Crippen LogP contribution in [-0.2, 0) is 17.9 Å². The van der Waals surface area contributed by atoms with Crippen LogP contribution >= 0.6 is 35.0 Å². The van der Waals surface area contributed by atoms with E-state index in [0.29, 0.717) is 44.2 Å². The summed E-state index contributed by atoms with van der Waals surface area (Å²) < 4.78 is 11.8. The number of hydrogen-bond donors (Lipinski definition) is 0. The van der Waals surface area contributed by atoms with E-state index in [1.54, 1.807) is 37.5 Å². The number of thioether (sulfide) groups is 1. The Hall–Kier alpha value is -3.45. The second kappa shape index (κ2) is 10.9. The summed E-state index contributed by atoms with van der Waals surface area (Å²) in [4.78, 5) is 27.3. The number of carbonyl (C=O) groups excluding carboxylic acids is 2. The smallest absolute Gasteiger partial charge is 0.293 e. The van der Waals surface area contributed by atoms with Crippen LogP contribution < -0.4 is 9.47 Å². The first-order chi connectivity index (χ1) is 17.9. The molecule has 0 saturated carbocycles. The molecule has 1 saturated heterocycles. The lowest BCUT2D eigenvalue weighted by Crippen LogP contribution is -2.27. The highest BCUT2D eigenvalue weighted by atomic mass is 35.5. The van der Waals surface area contributed by atoms with E-state index in [0.717, 1.165) is 28.1 Å². The number of para-hydroxylation sites is 1. The molecule has 0 aliphatic carbocycles. The Bertz CT molecular complexity index is 1550. The molecular formula is C29H21Cl2NO4S. The van der Waals surface area contributed by atoms with Crippen molar-refractivity contribution in [3.05, 3.63) is 111 Å². The van der Waals surface area contributed by atoms with Crippen molar-refractivity contribution in [2.45, 2.75) is 13.2 Å². The van der Waals surface area contributed by atoms with Gasteiger partial charge in [-0.2, -0.15) is 0 Å². The van der Waals surface area contributed by atoms with Crippen molar-refractivity contribution in [1.82, 2.24) is 4.90 Å². The molecule has 1 heterocycles. The van der Waals surface area contributed by atoms with Crippen molar-refractivity contribution < 1.29 is 19.1 Å². The number of rotatable bonds is 7. The van der Waals surface area contributed by atoms with Gasteiger partial charge in [0.2, 0.25) is 0 Å². The normalized spacial score (nSPS) is 14.6. The minimum Gasteiger partial charge on any atom is -0.493 e. The maximum absolute atomic E-state index is 13.2. The second-order valence-corrected chi connectivity index (χ2v) is 10.1. The molecule has 1 aliphatic heterocycles. The molecule has 4 aromatic carbocycles. The number of nitrogens with zero attached hydrogens (tertiary/aromatic N) is 1. The van der Waals surface area contributed by atoms with E-state index in [4.69, 9.17) is 32.7 Å². The Morgan fingerprint density at radius 3 is 2.51 bits per heavy atom. The quantitative estimate of drug-likeness (QED) is 0.219. The van der Waals surface area contributed by atoms with Gasteiger partial charge < -0.3 is 9.47 Å². The third-order valence-corrected chi connectivity index (χ3v) is 7.61. The summed E-state index contributed by atoms with van der Waals surface area (Å²) in [7, 11) is 1.56. The zero-order chi connectivity index (χ0) is 25.9. The van der Waals surface area contributed by atoms with E-state index in [1.807, 2.05) is 36.4 Å². The maximum Gasteiger partial charge on any atom is 0.293 e. The zero-order valence-electron chi connectivity index (χ0n) is 19.7. The van der Waals surface area contributed by atoms with Gasteiger partial charge in [-0.05, 0) is 57.9 Å². The predicted molar refractivity (Wildman–Crippen MR) is 149 cm³/mol. The van der Waals surface area contributed by atoms with Crippen LogP contribution in [0.25, 0.3) is 16.8 Å². The number of amides is 2. The predicted octanol–water partition coefficient (Wildman–Crippen LogP) is 7.97. The van der Waals surface area contributed by atoms with Crippen LogP contribution in [-0.4, -0.2) is 23.2 Å². The highest BCUT2D eigenvalue weighted by molar-refractivity contribution is 8.18. The Balaban J connectivity index is 1.41. The van der Waals surface area contributed by atoms with E-state index in [1.165, 1.54) is 4.90 Å². The number of imide groups is 1. The number of ether oxygens (including phenoxy) is 2. The molecule has 8 heteroatoms. The summed E-state index contributed by atoms with van der Waals surface area (Å²) >= 11 is 13.0. The van der Waals surface area contributed by atoms with E-state index in [9.17, 15) is 9.59 Å². The number of methoxy groups -OCH3 is 1. The van der Waals surface area contributed by atoms with Crippen LogP contribution in [0.3, 0.4) is 0 Å². The van der Waals surface area contributed by atoms with Crippen LogP contribution in [0.4, 0.5) is 4.79 Å². The van der Waals surface area contributed by atoms with Crippen molar-refractivity contribution in [3.8, 4) is 11.5 Å². The first kappa shape index (κ1) is 25.2. The highest BCUT2D eigenvalue weighted by Gasteiger charge is 2.35. The average Bonchev–Trinajstić information content (AvgIpc) is 3.17. The third-order valence-electron chi connectivity index (χ3n) is 5.97. The van der Waals surface area contributed by atoms with E-state index in [-0.39, 0.29) is 17.7 Å². The zero-order valence-corrected chi connectivity index (χ0v) is 22.1. The summed E-state index contributed by atoms with van der Waals surface area (Å²) in [6.45, 7) is 0.406. The minimum absolute atomic E-state index is 0.0987. The third kappa shape index (κ3) is 5.32. The molecule has 0 spiro atoms. The highest BCUT2D eigenvalue weighted by Crippen LogP contribution is 2.38. The minimum atomic E-state index is -0.385. The summed E-state index contributed by atoms with van der Waals surface area (Å²) in [6, 6.07) is 24.7. The SMILES string of the molecule is COc1cccc(/C=C2\SC(=O)N(Cc3ccc(Cl)c(Cl)c3)C2=O)c1OCc1cccc2ccccc12. The summed E-state index contributed by atoms with van der Waals surface area (Å²) in [5, 5.41) is 2.65. The molecule has 1 fully saturated rings. The van der Waals surface area contributed by atoms with Gasteiger partial charge in [-0.1, -0.05) is 83.9 Å². The summed E-state index contributed by atoms with van der Waals surface area (Å²) in [5.41, 5.74) is 2.37. The first-order valence-corrected chi connectivity index (χ1v) is 13.0. The topological polar surface area (TPSA) is 55.8 Å².